The van der Waals surface area contributed by atoms with Crippen LogP contribution in [-0.2, 0) is 17.7 Å². The number of fused-ring (bicyclic) bond motifs is 1. The van der Waals surface area contributed by atoms with E-state index in [9.17, 15) is 4.79 Å². The van der Waals surface area contributed by atoms with Gasteiger partial charge in [-0.05, 0) is 31.2 Å². The van der Waals surface area contributed by atoms with E-state index in [0.29, 0.717) is 39.3 Å². The SMILES string of the molecule is CCOc1ccc(NC(=O)N2CCc3nc(-c4ccccc4)nc(N4CCOCC4)c3C2)cc1. The number of nitrogens with zero attached hydrogens (tertiary/aromatic N) is 4. The number of carbonyl (C=O) groups is 1. The van der Waals surface area contributed by atoms with Crippen LogP contribution in [0.3, 0.4) is 0 Å². The monoisotopic (exact) mass is 459 g/mol. The largest absolute Gasteiger partial charge is 0.494 e. The first kappa shape index (κ1) is 22.2. The van der Waals surface area contributed by atoms with E-state index in [1.165, 1.54) is 0 Å². The molecule has 1 N–H and O–H groups in total. The molecule has 0 unspecified atom stereocenters. The molecule has 2 aromatic carbocycles. The number of rotatable bonds is 5. The lowest BCUT2D eigenvalue weighted by Gasteiger charge is -2.34. The molecule has 34 heavy (non-hydrogen) atoms. The minimum atomic E-state index is -0.130. The predicted molar refractivity (Wildman–Crippen MR) is 131 cm³/mol. The molecule has 8 nitrogen and oxygen atoms in total. The maximum absolute atomic E-state index is 13.1. The fraction of sp³-hybridized carbons (Fsp3) is 0.346. The Balaban J connectivity index is 1.39. The number of urea groups is 1. The van der Waals surface area contributed by atoms with Gasteiger partial charge in [-0.15, -0.1) is 0 Å². The second kappa shape index (κ2) is 10.1. The number of nitrogens with one attached hydrogen (secondary N) is 1. The molecule has 2 amide bonds. The lowest BCUT2D eigenvalue weighted by molar-refractivity contribution is 0.122. The summed E-state index contributed by atoms with van der Waals surface area (Å²) < 4.78 is 11.0. The van der Waals surface area contributed by atoms with Crippen LogP contribution in [0, 0.1) is 0 Å². The number of aromatic nitrogens is 2. The number of hydrogen-bond donors (Lipinski definition) is 1. The van der Waals surface area contributed by atoms with Crippen molar-refractivity contribution in [2.45, 2.75) is 19.9 Å². The molecular weight excluding hydrogens is 430 g/mol. The Hall–Kier alpha value is -3.65. The zero-order valence-electron chi connectivity index (χ0n) is 19.4. The quantitative estimate of drug-likeness (QED) is 0.622. The maximum Gasteiger partial charge on any atom is 0.322 e. The highest BCUT2D eigenvalue weighted by atomic mass is 16.5. The molecule has 1 saturated heterocycles. The smallest absolute Gasteiger partial charge is 0.322 e. The summed E-state index contributed by atoms with van der Waals surface area (Å²) in [5.41, 5.74) is 3.77. The lowest BCUT2D eigenvalue weighted by Crippen LogP contribution is -2.42. The minimum absolute atomic E-state index is 0.130. The summed E-state index contributed by atoms with van der Waals surface area (Å²) in [5, 5.41) is 3.01. The van der Waals surface area contributed by atoms with E-state index >= 15 is 0 Å². The van der Waals surface area contributed by atoms with Crippen molar-refractivity contribution in [1.82, 2.24) is 14.9 Å². The summed E-state index contributed by atoms with van der Waals surface area (Å²) >= 11 is 0. The van der Waals surface area contributed by atoms with Crippen molar-refractivity contribution in [1.29, 1.82) is 0 Å². The molecule has 3 heterocycles. The first-order chi connectivity index (χ1) is 16.7. The van der Waals surface area contributed by atoms with Gasteiger partial charge in [0, 0.05) is 42.9 Å². The van der Waals surface area contributed by atoms with Gasteiger partial charge in [-0.25, -0.2) is 14.8 Å². The normalized spacial score (nSPS) is 15.6. The highest BCUT2D eigenvalue weighted by Crippen LogP contribution is 2.30. The van der Waals surface area contributed by atoms with Gasteiger partial charge in [0.1, 0.15) is 11.6 Å². The van der Waals surface area contributed by atoms with Crippen molar-refractivity contribution in [2.75, 3.05) is 49.7 Å². The molecule has 176 valence electrons. The van der Waals surface area contributed by atoms with Crippen LogP contribution in [-0.4, -0.2) is 60.4 Å². The number of amides is 2. The van der Waals surface area contributed by atoms with Crippen LogP contribution in [0.15, 0.2) is 54.6 Å². The number of anilines is 2. The Labute approximate surface area is 199 Å². The van der Waals surface area contributed by atoms with Crippen molar-refractivity contribution in [3.63, 3.8) is 0 Å². The molecule has 0 atom stereocenters. The van der Waals surface area contributed by atoms with Gasteiger partial charge < -0.3 is 24.6 Å². The van der Waals surface area contributed by atoms with Crippen LogP contribution >= 0.6 is 0 Å². The van der Waals surface area contributed by atoms with E-state index in [1.54, 1.807) is 0 Å². The summed E-state index contributed by atoms with van der Waals surface area (Å²) in [6, 6.07) is 17.4. The Morgan fingerprint density at radius 1 is 1.03 bits per heavy atom. The summed E-state index contributed by atoms with van der Waals surface area (Å²) in [6.45, 7) is 6.51. The van der Waals surface area contributed by atoms with Gasteiger partial charge in [0.25, 0.3) is 0 Å². The third-order valence-electron chi connectivity index (χ3n) is 6.08. The second-order valence-corrected chi connectivity index (χ2v) is 8.32. The van der Waals surface area contributed by atoms with Gasteiger partial charge in [0.15, 0.2) is 5.82 Å². The predicted octanol–water partition coefficient (Wildman–Crippen LogP) is 3.97. The molecular formula is C26H29N5O3. The summed E-state index contributed by atoms with van der Waals surface area (Å²) in [5.74, 6) is 2.42. The van der Waals surface area contributed by atoms with E-state index < -0.39 is 0 Å². The molecule has 0 spiro atoms. The maximum atomic E-state index is 13.1. The van der Waals surface area contributed by atoms with E-state index in [2.05, 4.69) is 10.2 Å². The average Bonchev–Trinajstić information content (AvgIpc) is 2.90. The first-order valence-corrected chi connectivity index (χ1v) is 11.8. The zero-order valence-corrected chi connectivity index (χ0v) is 19.4. The van der Waals surface area contributed by atoms with Gasteiger partial charge in [-0.1, -0.05) is 30.3 Å². The molecule has 2 aliphatic rings. The molecule has 0 bridgehead atoms. The van der Waals surface area contributed by atoms with E-state index in [0.717, 1.165) is 53.0 Å². The van der Waals surface area contributed by atoms with Crippen LogP contribution in [0.25, 0.3) is 11.4 Å². The topological polar surface area (TPSA) is 79.8 Å². The van der Waals surface area contributed by atoms with Crippen molar-refractivity contribution in [3.05, 3.63) is 65.9 Å². The van der Waals surface area contributed by atoms with Gasteiger partial charge in [0.2, 0.25) is 0 Å². The third kappa shape index (κ3) is 4.82. The molecule has 1 fully saturated rings. The van der Waals surface area contributed by atoms with Crippen LogP contribution < -0.4 is 15.0 Å². The van der Waals surface area contributed by atoms with Crippen LogP contribution in [0.5, 0.6) is 5.75 Å². The average molecular weight is 460 g/mol. The van der Waals surface area contributed by atoms with Crippen LogP contribution in [0.4, 0.5) is 16.3 Å². The van der Waals surface area contributed by atoms with Crippen molar-refractivity contribution >= 4 is 17.5 Å². The van der Waals surface area contributed by atoms with Gasteiger partial charge in [-0.2, -0.15) is 0 Å². The summed E-state index contributed by atoms with van der Waals surface area (Å²) in [4.78, 5) is 27.0. The number of hydrogen-bond acceptors (Lipinski definition) is 6. The molecule has 2 aliphatic heterocycles. The Morgan fingerprint density at radius 2 is 1.79 bits per heavy atom. The fourth-order valence-electron chi connectivity index (χ4n) is 4.33. The van der Waals surface area contributed by atoms with E-state index in [1.807, 2.05) is 66.4 Å². The molecule has 0 aliphatic carbocycles. The summed E-state index contributed by atoms with van der Waals surface area (Å²) in [6.07, 6.45) is 0.686. The minimum Gasteiger partial charge on any atom is -0.494 e. The molecule has 3 aromatic rings. The molecule has 0 radical (unpaired) electrons. The van der Waals surface area contributed by atoms with Gasteiger partial charge in [-0.3, -0.25) is 0 Å². The Bertz CT molecular complexity index is 1130. The van der Waals surface area contributed by atoms with Gasteiger partial charge in [0.05, 0.1) is 32.1 Å². The Kier molecular flexibility index (Phi) is 6.58. The number of ether oxygens (including phenoxy) is 2. The number of carbonyl (C=O) groups excluding carboxylic acids is 1. The highest BCUT2D eigenvalue weighted by Gasteiger charge is 2.28. The Morgan fingerprint density at radius 3 is 2.53 bits per heavy atom. The van der Waals surface area contributed by atoms with E-state index in [-0.39, 0.29) is 6.03 Å². The van der Waals surface area contributed by atoms with E-state index in [4.69, 9.17) is 19.4 Å². The summed E-state index contributed by atoms with van der Waals surface area (Å²) in [7, 11) is 0. The zero-order chi connectivity index (χ0) is 23.3. The van der Waals surface area contributed by atoms with Crippen molar-refractivity contribution < 1.29 is 14.3 Å². The molecule has 5 rings (SSSR count). The van der Waals surface area contributed by atoms with Gasteiger partial charge >= 0.3 is 6.03 Å². The first-order valence-electron chi connectivity index (χ1n) is 11.8. The van der Waals surface area contributed by atoms with Crippen LogP contribution in [0.1, 0.15) is 18.2 Å². The second-order valence-electron chi connectivity index (χ2n) is 8.32. The number of morpholine rings is 1. The fourth-order valence-corrected chi connectivity index (χ4v) is 4.33. The standard InChI is InChI=1S/C26H29N5O3/c1-2-34-21-10-8-20(9-11-21)27-26(32)31-13-12-23-22(18-31)25(30-14-16-33-17-15-30)29-24(28-23)19-6-4-3-5-7-19/h3-11H,2,12-18H2,1H3,(H,27,32). The van der Waals surface area contributed by atoms with Crippen LogP contribution in [0.2, 0.25) is 0 Å². The van der Waals surface area contributed by atoms with Crippen molar-refractivity contribution in [2.24, 2.45) is 0 Å². The third-order valence-corrected chi connectivity index (χ3v) is 6.08. The molecule has 1 aromatic heterocycles. The van der Waals surface area contributed by atoms with Crippen molar-refractivity contribution in [3.8, 4) is 17.1 Å². The number of benzene rings is 2. The molecule has 8 heteroatoms. The molecule has 0 saturated carbocycles. The lowest BCUT2D eigenvalue weighted by atomic mass is 10.0. The highest BCUT2D eigenvalue weighted by molar-refractivity contribution is 5.89.